The van der Waals surface area contributed by atoms with Gasteiger partial charge in [0.05, 0.1) is 16.5 Å². The minimum absolute atomic E-state index is 0.00272. The molecule has 4 atom stereocenters. The Morgan fingerprint density at radius 2 is 1.84 bits per heavy atom. The number of aromatic hydroxyl groups is 1. The molecule has 1 N–H and O–H groups in total. The molecule has 4 fully saturated rings. The third-order valence-electron chi connectivity index (χ3n) is 12.1. The van der Waals surface area contributed by atoms with Gasteiger partial charge >= 0.3 is 12.2 Å². The number of alkyl halides is 4. The molecule has 4 saturated heterocycles. The molecule has 55 heavy (non-hydrogen) atoms. The number of terminal acetylenes is 1. The van der Waals surface area contributed by atoms with Gasteiger partial charge < -0.3 is 14.7 Å². The summed E-state index contributed by atoms with van der Waals surface area (Å²) in [6.07, 6.45) is 4.97. The van der Waals surface area contributed by atoms with Crippen molar-refractivity contribution in [1.82, 2.24) is 29.5 Å². The average molecular weight is 764 g/mol. The third-order valence-corrected chi connectivity index (χ3v) is 12.1. The fraction of sp³-hybridized carbons (Fsp3) is 0.475. The van der Waals surface area contributed by atoms with E-state index in [0.717, 1.165) is 32.2 Å². The van der Waals surface area contributed by atoms with Crippen molar-refractivity contribution < 1.29 is 36.2 Å². The number of anilines is 1. The van der Waals surface area contributed by atoms with Gasteiger partial charge in [-0.2, -0.15) is 28.2 Å². The molecule has 4 aliphatic rings. The first-order valence-electron chi connectivity index (χ1n) is 18.7. The van der Waals surface area contributed by atoms with E-state index in [1.54, 1.807) is 13.2 Å². The van der Waals surface area contributed by atoms with Gasteiger partial charge in [0.2, 0.25) is 0 Å². The summed E-state index contributed by atoms with van der Waals surface area (Å²) < 4.78 is 94.6. The number of nitrogens with zero attached hydrogens (tertiary/aromatic N) is 7. The largest absolute Gasteiger partial charge is 0.508 e. The quantitative estimate of drug-likeness (QED) is 0.131. The predicted octanol–water partition coefficient (Wildman–Crippen LogP) is 7.25. The van der Waals surface area contributed by atoms with Crippen LogP contribution in [0.3, 0.4) is 0 Å². The number of fused-ring (bicyclic) bond motifs is 7. The number of phenols is 1. The van der Waals surface area contributed by atoms with Gasteiger partial charge in [0.15, 0.2) is 5.82 Å². The van der Waals surface area contributed by atoms with Crippen molar-refractivity contribution in [3.8, 4) is 35.2 Å². The second kappa shape index (κ2) is 13.2. The molecular weight excluding hydrogens is 724 g/mol. The highest BCUT2D eigenvalue weighted by atomic mass is 19.4. The van der Waals surface area contributed by atoms with E-state index in [9.17, 15) is 22.7 Å². The van der Waals surface area contributed by atoms with Crippen LogP contribution in [0.15, 0.2) is 30.5 Å². The average Bonchev–Trinajstić information content (AvgIpc) is 3.85. The lowest BCUT2D eigenvalue weighted by Crippen LogP contribution is -2.54. The van der Waals surface area contributed by atoms with E-state index < -0.39 is 35.9 Å². The molecule has 3 aromatic carbocycles. The highest BCUT2D eigenvalue weighted by Crippen LogP contribution is 2.46. The Morgan fingerprint density at radius 3 is 2.58 bits per heavy atom. The van der Waals surface area contributed by atoms with Crippen molar-refractivity contribution in [2.24, 2.45) is 7.05 Å². The van der Waals surface area contributed by atoms with Crippen molar-refractivity contribution in [1.29, 1.82) is 0 Å². The number of rotatable bonds is 8. The lowest BCUT2D eigenvalue weighted by molar-refractivity contribution is -0.136. The van der Waals surface area contributed by atoms with Crippen LogP contribution in [0.25, 0.3) is 43.7 Å². The Morgan fingerprint density at radius 1 is 1.05 bits per heavy atom. The molecule has 288 valence electrons. The highest BCUT2D eigenvalue weighted by molar-refractivity contribution is 6.18. The summed E-state index contributed by atoms with van der Waals surface area (Å²) in [7, 11) is 1.69. The monoisotopic (exact) mass is 763 g/mol. The van der Waals surface area contributed by atoms with Crippen LogP contribution in [0.2, 0.25) is 0 Å². The summed E-state index contributed by atoms with van der Waals surface area (Å²) >= 11 is 0. The van der Waals surface area contributed by atoms with E-state index in [0.29, 0.717) is 54.6 Å². The normalized spacial score (nSPS) is 24.4. The number of benzene rings is 3. The lowest BCUT2D eigenvalue weighted by atomic mass is 9.91. The summed E-state index contributed by atoms with van der Waals surface area (Å²) in [5.41, 5.74) is -0.450. The zero-order valence-corrected chi connectivity index (χ0v) is 30.1. The summed E-state index contributed by atoms with van der Waals surface area (Å²) in [6.45, 7) is 2.35. The summed E-state index contributed by atoms with van der Waals surface area (Å²) in [6, 6.07) is 5.22. The fourth-order valence-corrected chi connectivity index (χ4v) is 9.85. The number of hydrogen-bond acceptors (Lipinski definition) is 8. The van der Waals surface area contributed by atoms with Crippen molar-refractivity contribution in [3.63, 3.8) is 0 Å². The topological polar surface area (TPSA) is 82.8 Å². The van der Waals surface area contributed by atoms with Crippen molar-refractivity contribution >= 4 is 38.4 Å². The van der Waals surface area contributed by atoms with Gasteiger partial charge in [0, 0.05) is 74.1 Å². The van der Waals surface area contributed by atoms with E-state index in [1.165, 1.54) is 28.9 Å². The molecule has 6 heterocycles. The molecule has 0 spiro atoms. The molecule has 2 bridgehead atoms. The minimum atomic E-state index is -4.23. The van der Waals surface area contributed by atoms with E-state index in [-0.39, 0.29) is 70.0 Å². The van der Waals surface area contributed by atoms with Crippen molar-refractivity contribution in [2.45, 2.75) is 74.9 Å². The maximum atomic E-state index is 17.7. The Bertz CT molecular complexity index is 2380. The van der Waals surface area contributed by atoms with E-state index in [4.69, 9.17) is 16.1 Å². The van der Waals surface area contributed by atoms with Crippen LogP contribution < -0.4 is 9.64 Å². The second-order valence-corrected chi connectivity index (χ2v) is 15.6. The van der Waals surface area contributed by atoms with Crippen LogP contribution in [0.1, 0.15) is 50.5 Å². The summed E-state index contributed by atoms with van der Waals surface area (Å²) in [5.74, 6) is 1.09. The zero-order chi connectivity index (χ0) is 38.4. The van der Waals surface area contributed by atoms with Crippen LogP contribution in [0, 0.1) is 24.0 Å². The van der Waals surface area contributed by atoms with E-state index in [2.05, 4.69) is 25.8 Å². The molecule has 9 rings (SSSR count). The SMILES string of the molecule is C#Cc1c(F)ccc2cc(O)cc(-c3c(F)c4nc(OC[C@@]56CCCN5C[C@H](F)C6)nc(N5C[C@H]6CC[C@@H](C5)N6CCCC(F)(F)F)c4c4cn(C)nc34)c12. The summed E-state index contributed by atoms with van der Waals surface area (Å²) in [4.78, 5) is 15.9. The van der Waals surface area contributed by atoms with Crippen LogP contribution in [0.5, 0.6) is 11.8 Å². The van der Waals surface area contributed by atoms with Crippen molar-refractivity contribution in [2.75, 3.05) is 44.2 Å². The molecule has 0 radical (unpaired) electrons. The van der Waals surface area contributed by atoms with E-state index >= 15 is 8.78 Å². The second-order valence-electron chi connectivity index (χ2n) is 15.6. The summed E-state index contributed by atoms with van der Waals surface area (Å²) in [5, 5.41) is 17.0. The molecule has 9 nitrogen and oxygen atoms in total. The molecular formula is C40H39F6N7O2. The standard InChI is InChI=1S/C40H39F6N7O2/c1-3-27-30(42)9-6-22-14-26(54)15-28(31(22)27)32-34(43)36-33(29-20-50(2)49-35(29)32)37(48-38(47-36)55-21-39-10-4-12-52(39)17-23(41)16-39)51-18-24-7-8-25(19-51)53(24)13-5-11-40(44,45)46/h1,6,9,14-15,20,23-25,54H,4-5,7-8,10-13,16-19,21H2,2H3/t23-,24-,25+,39+/m1/s1. The van der Waals surface area contributed by atoms with Crippen molar-refractivity contribution in [3.05, 3.63) is 47.7 Å². The van der Waals surface area contributed by atoms with Crippen LogP contribution in [-0.2, 0) is 7.05 Å². The molecule has 0 aliphatic carbocycles. The van der Waals surface area contributed by atoms with Crippen LogP contribution in [0.4, 0.5) is 32.2 Å². The Labute approximate surface area is 312 Å². The first kappa shape index (κ1) is 35.9. The molecule has 0 amide bonds. The number of halogens is 6. The Balaban J connectivity index is 1.21. The van der Waals surface area contributed by atoms with Gasteiger partial charge in [-0.25, -0.2) is 13.2 Å². The number of ether oxygens (including phenoxy) is 1. The van der Waals surface area contributed by atoms with E-state index in [1.807, 2.05) is 4.90 Å². The van der Waals surface area contributed by atoms with Gasteiger partial charge in [0.25, 0.3) is 0 Å². The first-order chi connectivity index (χ1) is 26.3. The maximum absolute atomic E-state index is 17.7. The molecule has 0 saturated carbocycles. The molecule has 4 aliphatic heterocycles. The molecule has 15 heteroatoms. The Kier molecular flexibility index (Phi) is 8.58. The smallest absolute Gasteiger partial charge is 0.389 e. The molecule has 0 unspecified atom stereocenters. The van der Waals surface area contributed by atoms with Crippen LogP contribution in [-0.4, -0.2) is 104 Å². The third kappa shape index (κ3) is 6.08. The van der Waals surface area contributed by atoms with Gasteiger partial charge in [-0.05, 0) is 74.3 Å². The minimum Gasteiger partial charge on any atom is -0.508 e. The number of aromatic nitrogens is 4. The van der Waals surface area contributed by atoms with Gasteiger partial charge in [-0.15, -0.1) is 6.42 Å². The van der Waals surface area contributed by atoms with Crippen LogP contribution >= 0.6 is 0 Å². The van der Waals surface area contributed by atoms with Gasteiger partial charge in [-0.1, -0.05) is 12.0 Å². The fourth-order valence-electron chi connectivity index (χ4n) is 9.85. The zero-order valence-electron chi connectivity index (χ0n) is 30.1. The maximum Gasteiger partial charge on any atom is 0.389 e. The number of phenolic OH excluding ortho intramolecular Hbond substituents is 1. The number of hydrogen-bond donors (Lipinski definition) is 1. The Hall–Kier alpha value is -4.81. The van der Waals surface area contributed by atoms with Gasteiger partial charge in [-0.3, -0.25) is 14.5 Å². The number of aryl methyl sites for hydroxylation is 1. The molecule has 2 aromatic heterocycles. The predicted molar refractivity (Wildman–Crippen MR) is 196 cm³/mol. The van der Waals surface area contributed by atoms with Gasteiger partial charge in [0.1, 0.15) is 41.2 Å². The lowest BCUT2D eigenvalue weighted by Gasteiger charge is -2.42. The number of piperazine rings is 1. The highest BCUT2D eigenvalue weighted by Gasteiger charge is 2.49. The first-order valence-corrected chi connectivity index (χ1v) is 18.7. The molecule has 5 aromatic rings.